The van der Waals surface area contributed by atoms with E-state index in [1.807, 2.05) is 16.1 Å². The Morgan fingerprint density at radius 1 is 1.00 bits per heavy atom. The van der Waals surface area contributed by atoms with Crippen molar-refractivity contribution in [2.75, 3.05) is 6.61 Å². The summed E-state index contributed by atoms with van der Waals surface area (Å²) < 4.78 is 0. The molecule has 0 saturated carbocycles. The van der Waals surface area contributed by atoms with E-state index in [0.717, 1.165) is 6.92 Å². The van der Waals surface area contributed by atoms with Crippen LogP contribution in [0, 0.1) is 0 Å². The largest absolute Gasteiger partial charge is 0.481 e. The molecule has 0 saturated heterocycles. The maximum atomic E-state index is 11.9. The summed E-state index contributed by atoms with van der Waals surface area (Å²) in [5.41, 5.74) is 8.81. The summed E-state index contributed by atoms with van der Waals surface area (Å²) in [6.07, 6.45) is -2.36. The van der Waals surface area contributed by atoms with Gasteiger partial charge in [-0.1, -0.05) is 0 Å². The van der Waals surface area contributed by atoms with Crippen molar-refractivity contribution >= 4 is 29.8 Å². The predicted octanol–water partition coefficient (Wildman–Crippen LogP) is -4.57. The van der Waals surface area contributed by atoms with Gasteiger partial charge in [-0.15, -0.1) is 0 Å². The number of nitrogens with one attached hydrogen (secondary N) is 4. The van der Waals surface area contributed by atoms with Crippen molar-refractivity contribution in [3.05, 3.63) is 0 Å². The van der Waals surface area contributed by atoms with Gasteiger partial charge in [0.15, 0.2) is 6.04 Å². The van der Waals surface area contributed by atoms with Gasteiger partial charge in [-0.2, -0.15) is 0 Å². The SMILES string of the molecule is CC(O)C(NC(=O)NC(CC(=O)O)C(=O)NNC(=O)C(N)CO)C(=O)O. The number of carboxylic acid groups (broad SMARTS) is 2. The number of aliphatic hydroxyl groups is 2. The van der Waals surface area contributed by atoms with Crippen LogP contribution < -0.4 is 27.2 Å². The van der Waals surface area contributed by atoms with Gasteiger partial charge in [0.05, 0.1) is 19.1 Å². The minimum absolute atomic E-state index is 0.711. The molecule has 10 N–H and O–H groups in total. The third-order valence-corrected chi connectivity index (χ3v) is 2.88. The number of hydrogen-bond donors (Lipinski definition) is 9. The van der Waals surface area contributed by atoms with Crippen LogP contribution in [-0.4, -0.2) is 81.0 Å². The highest BCUT2D eigenvalue weighted by Gasteiger charge is 2.29. The fourth-order valence-electron chi connectivity index (χ4n) is 1.50. The van der Waals surface area contributed by atoms with E-state index in [2.05, 4.69) is 0 Å². The summed E-state index contributed by atoms with van der Waals surface area (Å²) in [5, 5.41) is 39.3. The van der Waals surface area contributed by atoms with Gasteiger partial charge < -0.3 is 36.8 Å². The number of amides is 4. The monoisotopic (exact) mass is 379 g/mol. The molecule has 0 heterocycles. The number of carbonyl (C=O) groups is 5. The van der Waals surface area contributed by atoms with E-state index in [9.17, 15) is 29.1 Å². The van der Waals surface area contributed by atoms with E-state index < -0.39 is 67.0 Å². The van der Waals surface area contributed by atoms with Crippen LogP contribution in [0.2, 0.25) is 0 Å². The van der Waals surface area contributed by atoms with Crippen LogP contribution in [0.3, 0.4) is 0 Å². The van der Waals surface area contributed by atoms with E-state index in [1.165, 1.54) is 0 Å². The molecule has 0 aliphatic rings. The van der Waals surface area contributed by atoms with E-state index >= 15 is 0 Å². The van der Waals surface area contributed by atoms with Gasteiger partial charge in [-0.3, -0.25) is 25.2 Å². The molecule has 148 valence electrons. The molecule has 0 aromatic rings. The third-order valence-electron chi connectivity index (χ3n) is 2.88. The van der Waals surface area contributed by atoms with Gasteiger partial charge in [-0.25, -0.2) is 9.59 Å². The fourth-order valence-corrected chi connectivity index (χ4v) is 1.50. The lowest BCUT2D eigenvalue weighted by Crippen LogP contribution is -2.59. The summed E-state index contributed by atoms with van der Waals surface area (Å²) in [5.74, 6) is -5.15. The Labute approximate surface area is 146 Å². The Hall–Kier alpha value is -2.97. The summed E-state index contributed by atoms with van der Waals surface area (Å²) >= 11 is 0. The number of carboxylic acids is 2. The molecular formula is C12H21N5O9. The minimum atomic E-state index is -1.70. The van der Waals surface area contributed by atoms with Crippen molar-refractivity contribution in [1.82, 2.24) is 21.5 Å². The first-order valence-corrected chi connectivity index (χ1v) is 7.15. The molecule has 14 nitrogen and oxygen atoms in total. The van der Waals surface area contributed by atoms with Gasteiger partial charge in [0, 0.05) is 0 Å². The van der Waals surface area contributed by atoms with Crippen LogP contribution in [0.5, 0.6) is 0 Å². The number of hydrogen-bond acceptors (Lipinski definition) is 8. The van der Waals surface area contributed by atoms with Crippen molar-refractivity contribution in [1.29, 1.82) is 0 Å². The summed E-state index contributed by atoms with van der Waals surface area (Å²) in [7, 11) is 0. The maximum Gasteiger partial charge on any atom is 0.328 e. The van der Waals surface area contributed by atoms with Gasteiger partial charge in [0.2, 0.25) is 0 Å². The van der Waals surface area contributed by atoms with Crippen LogP contribution in [0.4, 0.5) is 4.79 Å². The number of urea groups is 1. The van der Waals surface area contributed by atoms with Gasteiger partial charge in [0.1, 0.15) is 12.1 Å². The predicted molar refractivity (Wildman–Crippen MR) is 82.2 cm³/mol. The Balaban J connectivity index is 4.90. The Kier molecular flexibility index (Phi) is 9.57. The normalized spacial score (nSPS) is 14.9. The summed E-state index contributed by atoms with van der Waals surface area (Å²) in [6, 6.07) is -5.97. The molecule has 0 bridgehead atoms. The molecule has 0 aliphatic carbocycles. The highest BCUT2D eigenvalue weighted by atomic mass is 16.4. The first-order chi connectivity index (χ1) is 12.0. The fraction of sp³-hybridized carbons (Fsp3) is 0.583. The second-order valence-electron chi connectivity index (χ2n) is 5.09. The maximum absolute atomic E-state index is 11.9. The number of rotatable bonds is 9. The Bertz CT molecular complexity index is 553. The number of aliphatic carboxylic acids is 2. The zero-order valence-corrected chi connectivity index (χ0v) is 13.6. The van der Waals surface area contributed by atoms with Crippen LogP contribution >= 0.6 is 0 Å². The molecular weight excluding hydrogens is 358 g/mol. The topological polar surface area (TPSA) is 240 Å². The summed E-state index contributed by atoms with van der Waals surface area (Å²) in [4.78, 5) is 56.6. The first-order valence-electron chi connectivity index (χ1n) is 7.15. The van der Waals surface area contributed by atoms with Gasteiger partial charge in [0.25, 0.3) is 11.8 Å². The van der Waals surface area contributed by atoms with E-state index in [-0.39, 0.29) is 0 Å². The standard InChI is InChI=1S/C12H21N5O9/c1-4(19)8(11(24)25)15-12(26)14-6(2-7(20)21)10(23)17-16-9(22)5(13)3-18/h4-6,8,18-19H,2-3,13H2,1H3,(H,16,22)(H,17,23)(H,20,21)(H,24,25)(H2,14,15,26). The van der Waals surface area contributed by atoms with Crippen molar-refractivity contribution in [3.8, 4) is 0 Å². The Morgan fingerprint density at radius 3 is 1.96 bits per heavy atom. The molecule has 0 radical (unpaired) electrons. The van der Waals surface area contributed by atoms with E-state index in [0.29, 0.717) is 0 Å². The van der Waals surface area contributed by atoms with Crippen molar-refractivity contribution in [3.63, 3.8) is 0 Å². The number of nitrogens with two attached hydrogens (primary N) is 1. The molecule has 4 amide bonds. The van der Waals surface area contributed by atoms with Gasteiger partial charge >= 0.3 is 18.0 Å². The van der Waals surface area contributed by atoms with Crippen molar-refractivity contribution < 1.29 is 44.4 Å². The molecule has 0 spiro atoms. The quantitative estimate of drug-likeness (QED) is 0.174. The highest BCUT2D eigenvalue weighted by Crippen LogP contribution is 1.96. The van der Waals surface area contributed by atoms with E-state index in [4.69, 9.17) is 21.1 Å². The molecule has 4 atom stereocenters. The molecule has 4 unspecified atom stereocenters. The molecule has 0 aromatic heterocycles. The van der Waals surface area contributed by atoms with Crippen LogP contribution in [0.1, 0.15) is 13.3 Å². The molecule has 26 heavy (non-hydrogen) atoms. The first kappa shape index (κ1) is 23.0. The Morgan fingerprint density at radius 2 is 1.54 bits per heavy atom. The van der Waals surface area contributed by atoms with Crippen LogP contribution in [0.15, 0.2) is 0 Å². The van der Waals surface area contributed by atoms with Crippen LogP contribution in [0.25, 0.3) is 0 Å². The molecule has 0 rings (SSSR count). The minimum Gasteiger partial charge on any atom is -0.481 e. The average molecular weight is 379 g/mol. The third kappa shape index (κ3) is 8.22. The summed E-state index contributed by atoms with van der Waals surface area (Å²) in [6.45, 7) is 0.386. The highest BCUT2D eigenvalue weighted by molar-refractivity contribution is 5.92. The van der Waals surface area contributed by atoms with Crippen LogP contribution in [-0.2, 0) is 19.2 Å². The lowest BCUT2D eigenvalue weighted by Gasteiger charge is -2.21. The zero-order chi connectivity index (χ0) is 20.4. The number of carbonyl (C=O) groups excluding carboxylic acids is 3. The molecule has 0 fully saturated rings. The lowest BCUT2D eigenvalue weighted by molar-refractivity contribution is -0.142. The molecule has 14 heteroatoms. The molecule has 0 aliphatic heterocycles. The van der Waals surface area contributed by atoms with Crippen molar-refractivity contribution in [2.45, 2.75) is 37.6 Å². The molecule has 0 aromatic carbocycles. The zero-order valence-electron chi connectivity index (χ0n) is 13.6. The second-order valence-corrected chi connectivity index (χ2v) is 5.09. The lowest BCUT2D eigenvalue weighted by atomic mass is 10.2. The number of hydrazine groups is 1. The average Bonchev–Trinajstić information content (AvgIpc) is 2.54. The smallest absolute Gasteiger partial charge is 0.328 e. The van der Waals surface area contributed by atoms with Crippen molar-refractivity contribution in [2.24, 2.45) is 5.73 Å². The van der Waals surface area contributed by atoms with Gasteiger partial charge in [-0.05, 0) is 6.92 Å². The number of aliphatic hydroxyl groups excluding tert-OH is 2. The second kappa shape index (κ2) is 10.8. The van der Waals surface area contributed by atoms with E-state index in [1.54, 1.807) is 5.43 Å².